The number of H-pyrrole nitrogens is 1. The maximum absolute atomic E-state index is 12.2. The Balaban J connectivity index is 3.27. The molecule has 0 spiro atoms. The van der Waals surface area contributed by atoms with Gasteiger partial charge in [0.05, 0.1) is 0 Å². The molecule has 0 aliphatic heterocycles. The number of hydrogen-bond acceptors (Lipinski definition) is 2. The minimum absolute atomic E-state index is 0.0418. The Morgan fingerprint density at radius 2 is 2.08 bits per heavy atom. The molecule has 1 rings (SSSR count). The number of rotatable bonds is 1. The molecule has 1 heterocycles. The minimum atomic E-state index is -4.46. The summed E-state index contributed by atoms with van der Waals surface area (Å²) in [7, 11) is 0. The van der Waals surface area contributed by atoms with E-state index in [4.69, 9.17) is 0 Å². The van der Waals surface area contributed by atoms with E-state index in [0.29, 0.717) is 6.07 Å². The Morgan fingerprint density at radius 3 is 2.54 bits per heavy atom. The molecule has 0 aromatic carbocycles. The van der Waals surface area contributed by atoms with E-state index in [9.17, 15) is 18.1 Å². The number of nitrogens with one attached hydrogen (secondary N) is 1. The number of nitrogens with zero attached hydrogens (tertiary/aromatic N) is 1. The van der Waals surface area contributed by atoms with Crippen molar-refractivity contribution in [3.63, 3.8) is 0 Å². The lowest BCUT2D eigenvalue weighted by Gasteiger charge is -2.04. The average Bonchev–Trinajstić information content (AvgIpc) is 2.03. The predicted molar refractivity (Wildman–Crippen MR) is 38.2 cm³/mol. The number of aromatic nitrogens is 1. The molecule has 0 unspecified atom stereocenters. The lowest BCUT2D eigenvalue weighted by atomic mass is 10.2. The molecule has 1 aromatic heterocycles. The molecule has 0 aliphatic rings. The second kappa shape index (κ2) is 3.12. The Labute approximate surface area is 71.6 Å². The van der Waals surface area contributed by atoms with Crippen molar-refractivity contribution < 1.29 is 18.2 Å². The van der Waals surface area contributed by atoms with Crippen molar-refractivity contribution in [2.24, 2.45) is 5.18 Å². The monoisotopic (exact) mass is 191 g/mol. The number of pyridine rings is 1. The topological polar surface area (TPSA) is 43.6 Å². The van der Waals surface area contributed by atoms with Gasteiger partial charge in [-0.05, 0) is 11.2 Å². The van der Waals surface area contributed by atoms with Gasteiger partial charge in [0.2, 0.25) is 0 Å². The van der Waals surface area contributed by atoms with Gasteiger partial charge in [-0.15, -0.1) is 4.91 Å². The van der Waals surface area contributed by atoms with E-state index in [1.807, 2.05) is 0 Å². The van der Waals surface area contributed by atoms with Crippen molar-refractivity contribution in [2.75, 3.05) is 0 Å². The normalized spacial score (nSPS) is 11.4. The fourth-order valence-electron chi connectivity index (χ4n) is 0.905. The first-order chi connectivity index (χ1) is 5.95. The maximum atomic E-state index is 12.2. The molecule has 0 fully saturated rings. The Morgan fingerprint density at radius 1 is 1.46 bits per heavy atom. The lowest BCUT2D eigenvalue weighted by Crippen LogP contribution is -2.16. The van der Waals surface area contributed by atoms with Crippen molar-refractivity contribution in [3.05, 3.63) is 28.4 Å². The summed E-state index contributed by atoms with van der Waals surface area (Å²) in [5.74, 6) is 0. The molecule has 6 heteroatoms. The van der Waals surface area contributed by atoms with E-state index in [1.54, 1.807) is 0 Å². The van der Waals surface area contributed by atoms with Gasteiger partial charge in [0.15, 0.2) is 17.6 Å². The molecule has 0 bridgehead atoms. The molecule has 0 radical (unpaired) electrons. The average molecular weight is 191 g/mol. The molecule has 0 saturated carbocycles. The SMILES string of the molecule is Cc1[nH+]cc(N=O)cc1C(F)(F)F. The van der Waals surface area contributed by atoms with E-state index < -0.39 is 11.7 Å². The van der Waals surface area contributed by atoms with Gasteiger partial charge in [0.25, 0.3) is 0 Å². The van der Waals surface area contributed by atoms with Crippen LogP contribution in [0.1, 0.15) is 11.3 Å². The smallest absolute Gasteiger partial charge is 0.213 e. The van der Waals surface area contributed by atoms with Crippen LogP contribution in [0, 0.1) is 11.8 Å². The summed E-state index contributed by atoms with van der Waals surface area (Å²) in [6.45, 7) is 1.28. The van der Waals surface area contributed by atoms with Crippen LogP contribution in [0.3, 0.4) is 0 Å². The highest BCUT2D eigenvalue weighted by Gasteiger charge is 2.35. The molecule has 1 N–H and O–H groups in total. The quantitative estimate of drug-likeness (QED) is 0.627. The third kappa shape index (κ3) is 2.01. The summed E-state index contributed by atoms with van der Waals surface area (Å²) in [6, 6.07) is 0.707. The van der Waals surface area contributed by atoms with Crippen LogP contribution in [-0.4, -0.2) is 0 Å². The predicted octanol–water partition coefficient (Wildman–Crippen LogP) is 2.23. The van der Waals surface area contributed by atoms with Crippen LogP contribution in [0.5, 0.6) is 0 Å². The number of nitroso groups, excluding NO2 is 1. The maximum Gasteiger partial charge on any atom is 0.422 e. The molecular formula is C7H6F3N2O+. The first-order valence-corrected chi connectivity index (χ1v) is 3.38. The Hall–Kier alpha value is -1.46. The molecule has 1 aromatic rings. The zero-order valence-electron chi connectivity index (χ0n) is 6.64. The molecule has 3 nitrogen and oxygen atoms in total. The second-order valence-electron chi connectivity index (χ2n) is 2.49. The number of aryl methyl sites for hydroxylation is 1. The summed E-state index contributed by atoms with van der Waals surface area (Å²) < 4.78 is 36.6. The number of halogens is 3. The van der Waals surface area contributed by atoms with E-state index in [2.05, 4.69) is 10.2 Å². The highest BCUT2D eigenvalue weighted by molar-refractivity contribution is 5.37. The molecule has 0 atom stereocenters. The largest absolute Gasteiger partial charge is 0.422 e. The summed E-state index contributed by atoms with van der Waals surface area (Å²) >= 11 is 0. The van der Waals surface area contributed by atoms with Gasteiger partial charge in [0, 0.05) is 6.92 Å². The minimum Gasteiger partial charge on any atom is -0.213 e. The highest BCUT2D eigenvalue weighted by Crippen LogP contribution is 2.31. The second-order valence-corrected chi connectivity index (χ2v) is 2.49. The van der Waals surface area contributed by atoms with Crippen molar-refractivity contribution in [2.45, 2.75) is 13.1 Å². The molecular weight excluding hydrogens is 185 g/mol. The van der Waals surface area contributed by atoms with Crippen molar-refractivity contribution >= 4 is 5.69 Å². The van der Waals surface area contributed by atoms with Crippen LogP contribution in [0.2, 0.25) is 0 Å². The first kappa shape index (κ1) is 9.63. The van der Waals surface area contributed by atoms with Crippen LogP contribution in [0.25, 0.3) is 0 Å². The van der Waals surface area contributed by atoms with Crippen molar-refractivity contribution in [1.29, 1.82) is 0 Å². The molecule has 0 saturated heterocycles. The third-order valence-electron chi connectivity index (χ3n) is 1.54. The summed E-state index contributed by atoms with van der Waals surface area (Å²) in [5.41, 5.74) is -1.18. The molecule has 70 valence electrons. The first-order valence-electron chi connectivity index (χ1n) is 3.38. The van der Waals surface area contributed by atoms with Crippen LogP contribution in [-0.2, 0) is 6.18 Å². The number of hydrogen-bond donors (Lipinski definition) is 0. The van der Waals surface area contributed by atoms with Gasteiger partial charge in [-0.2, -0.15) is 13.2 Å². The van der Waals surface area contributed by atoms with E-state index in [-0.39, 0.29) is 11.4 Å². The highest BCUT2D eigenvalue weighted by atomic mass is 19.4. The Kier molecular flexibility index (Phi) is 2.31. The van der Waals surface area contributed by atoms with E-state index in [0.717, 1.165) is 6.20 Å². The van der Waals surface area contributed by atoms with Crippen LogP contribution in [0.4, 0.5) is 18.9 Å². The van der Waals surface area contributed by atoms with Gasteiger partial charge in [0.1, 0.15) is 5.56 Å². The molecule has 13 heavy (non-hydrogen) atoms. The van der Waals surface area contributed by atoms with Crippen LogP contribution < -0.4 is 4.98 Å². The van der Waals surface area contributed by atoms with Crippen molar-refractivity contribution in [3.8, 4) is 0 Å². The summed E-state index contributed by atoms with van der Waals surface area (Å²) in [6.07, 6.45) is -3.33. The zero-order chi connectivity index (χ0) is 10.1. The standard InChI is InChI=1S/C7H5F3N2O/c1-4-6(7(8,9)10)2-5(12-13)3-11-4/h2-3H,1H3/p+1. The van der Waals surface area contributed by atoms with Gasteiger partial charge in [-0.3, -0.25) is 0 Å². The fourth-order valence-corrected chi connectivity index (χ4v) is 0.905. The van der Waals surface area contributed by atoms with E-state index in [1.165, 1.54) is 6.92 Å². The third-order valence-corrected chi connectivity index (χ3v) is 1.54. The Bertz CT molecular complexity index is 335. The summed E-state index contributed by atoms with van der Waals surface area (Å²) in [4.78, 5) is 12.3. The van der Waals surface area contributed by atoms with Gasteiger partial charge >= 0.3 is 6.18 Å². The lowest BCUT2D eigenvalue weighted by molar-refractivity contribution is -0.390. The van der Waals surface area contributed by atoms with Gasteiger partial charge in [-0.1, -0.05) is 0 Å². The van der Waals surface area contributed by atoms with E-state index >= 15 is 0 Å². The molecule has 0 amide bonds. The van der Waals surface area contributed by atoms with Gasteiger partial charge < -0.3 is 0 Å². The van der Waals surface area contributed by atoms with Crippen LogP contribution in [0.15, 0.2) is 17.4 Å². The summed E-state index contributed by atoms with van der Waals surface area (Å²) in [5, 5.41) is 2.40. The molecule has 0 aliphatic carbocycles. The number of aromatic amines is 1. The zero-order valence-corrected chi connectivity index (χ0v) is 6.64. The number of alkyl halides is 3. The van der Waals surface area contributed by atoms with Crippen molar-refractivity contribution in [1.82, 2.24) is 0 Å². The van der Waals surface area contributed by atoms with Gasteiger partial charge in [-0.25, -0.2) is 4.98 Å². The van der Waals surface area contributed by atoms with Crippen LogP contribution >= 0.6 is 0 Å². The fraction of sp³-hybridized carbons (Fsp3) is 0.286.